The van der Waals surface area contributed by atoms with E-state index < -0.39 is 0 Å². The molecule has 1 fully saturated rings. The molecule has 0 aromatic heterocycles. The SMILES string of the molecule is CN(CC(=O)N1CCN(Cc2ccccc2F)CC1)Cc1ccc2c(c1)OCO2. The molecule has 4 rings (SSSR count). The first-order chi connectivity index (χ1) is 14.1. The maximum absolute atomic E-state index is 13.8. The highest BCUT2D eigenvalue weighted by atomic mass is 19.1. The zero-order chi connectivity index (χ0) is 20.2. The predicted octanol–water partition coefficient (Wildman–Crippen LogP) is 2.33. The molecule has 0 aliphatic carbocycles. The largest absolute Gasteiger partial charge is 0.454 e. The summed E-state index contributed by atoms with van der Waals surface area (Å²) in [6.07, 6.45) is 0. The molecule has 0 atom stereocenters. The minimum absolute atomic E-state index is 0.124. The fraction of sp³-hybridized carbons (Fsp3) is 0.409. The highest BCUT2D eigenvalue weighted by Gasteiger charge is 2.23. The van der Waals surface area contributed by atoms with E-state index >= 15 is 0 Å². The Labute approximate surface area is 170 Å². The maximum Gasteiger partial charge on any atom is 0.236 e. The topological polar surface area (TPSA) is 45.3 Å². The van der Waals surface area contributed by atoms with Gasteiger partial charge in [-0.1, -0.05) is 24.3 Å². The Hall–Kier alpha value is -2.64. The zero-order valence-electron chi connectivity index (χ0n) is 16.6. The molecule has 7 heteroatoms. The first-order valence-electron chi connectivity index (χ1n) is 9.89. The maximum atomic E-state index is 13.8. The normalized spacial score (nSPS) is 16.4. The second-order valence-electron chi connectivity index (χ2n) is 7.61. The molecule has 1 saturated heterocycles. The summed E-state index contributed by atoms with van der Waals surface area (Å²) in [5, 5.41) is 0. The molecule has 0 radical (unpaired) electrons. The summed E-state index contributed by atoms with van der Waals surface area (Å²) in [4.78, 5) is 18.8. The van der Waals surface area contributed by atoms with E-state index in [0.29, 0.717) is 38.3 Å². The lowest BCUT2D eigenvalue weighted by atomic mass is 10.2. The molecule has 6 nitrogen and oxygen atoms in total. The van der Waals surface area contributed by atoms with Crippen LogP contribution in [0, 0.1) is 5.82 Å². The third kappa shape index (κ3) is 4.86. The number of rotatable bonds is 6. The molecule has 0 bridgehead atoms. The van der Waals surface area contributed by atoms with Crippen molar-refractivity contribution < 1.29 is 18.7 Å². The molecule has 0 spiro atoms. The number of benzene rings is 2. The van der Waals surface area contributed by atoms with E-state index in [2.05, 4.69) is 4.90 Å². The number of hydrogen-bond donors (Lipinski definition) is 0. The van der Waals surface area contributed by atoms with Crippen LogP contribution in [0.4, 0.5) is 4.39 Å². The summed E-state index contributed by atoms with van der Waals surface area (Å²) < 4.78 is 24.6. The Kier molecular flexibility index (Phi) is 5.97. The fourth-order valence-electron chi connectivity index (χ4n) is 3.76. The van der Waals surface area contributed by atoms with Gasteiger partial charge in [0.05, 0.1) is 6.54 Å². The van der Waals surface area contributed by atoms with Gasteiger partial charge in [0, 0.05) is 44.8 Å². The quantitative estimate of drug-likeness (QED) is 0.746. The molecule has 0 unspecified atom stereocenters. The number of likely N-dealkylation sites (N-methyl/N-ethyl adjacent to an activating group) is 1. The number of carbonyl (C=O) groups is 1. The van der Waals surface area contributed by atoms with Gasteiger partial charge in [-0.15, -0.1) is 0 Å². The highest BCUT2D eigenvalue weighted by molar-refractivity contribution is 5.78. The molecule has 2 heterocycles. The van der Waals surface area contributed by atoms with Crippen LogP contribution in [0.25, 0.3) is 0 Å². The average Bonchev–Trinajstić information content (AvgIpc) is 3.18. The van der Waals surface area contributed by atoms with Crippen molar-refractivity contribution in [2.75, 3.05) is 46.6 Å². The van der Waals surface area contributed by atoms with E-state index in [1.165, 1.54) is 6.07 Å². The van der Waals surface area contributed by atoms with E-state index in [-0.39, 0.29) is 18.5 Å². The number of piperazine rings is 1. The summed E-state index contributed by atoms with van der Waals surface area (Å²) in [5.41, 5.74) is 1.79. The van der Waals surface area contributed by atoms with Gasteiger partial charge in [0.2, 0.25) is 12.7 Å². The fourth-order valence-corrected chi connectivity index (χ4v) is 3.76. The van der Waals surface area contributed by atoms with Crippen molar-refractivity contribution in [3.05, 3.63) is 59.4 Å². The van der Waals surface area contributed by atoms with Crippen LogP contribution >= 0.6 is 0 Å². The molecule has 2 aromatic rings. The smallest absolute Gasteiger partial charge is 0.236 e. The Morgan fingerprint density at radius 1 is 1.07 bits per heavy atom. The van der Waals surface area contributed by atoms with Gasteiger partial charge in [0.25, 0.3) is 0 Å². The van der Waals surface area contributed by atoms with Gasteiger partial charge < -0.3 is 14.4 Å². The van der Waals surface area contributed by atoms with E-state index in [9.17, 15) is 9.18 Å². The summed E-state index contributed by atoms with van der Waals surface area (Å²) in [7, 11) is 1.94. The Morgan fingerprint density at radius 3 is 2.62 bits per heavy atom. The molecule has 2 aliphatic heterocycles. The Balaban J connectivity index is 1.24. The van der Waals surface area contributed by atoms with Crippen molar-refractivity contribution in [3.8, 4) is 11.5 Å². The summed E-state index contributed by atoms with van der Waals surface area (Å²) in [6, 6.07) is 12.7. The van der Waals surface area contributed by atoms with Crippen molar-refractivity contribution in [3.63, 3.8) is 0 Å². The Bertz CT molecular complexity index is 868. The van der Waals surface area contributed by atoms with Gasteiger partial charge in [-0.3, -0.25) is 14.6 Å². The van der Waals surface area contributed by atoms with Crippen molar-refractivity contribution in [2.24, 2.45) is 0 Å². The predicted molar refractivity (Wildman–Crippen MR) is 107 cm³/mol. The van der Waals surface area contributed by atoms with Crippen LogP contribution < -0.4 is 9.47 Å². The molecule has 154 valence electrons. The van der Waals surface area contributed by atoms with E-state index in [4.69, 9.17) is 9.47 Å². The van der Waals surface area contributed by atoms with Crippen LogP contribution in [0.1, 0.15) is 11.1 Å². The third-order valence-corrected chi connectivity index (χ3v) is 5.37. The summed E-state index contributed by atoms with van der Waals surface area (Å²) >= 11 is 0. The van der Waals surface area contributed by atoms with Crippen LogP contribution in [-0.4, -0.2) is 67.2 Å². The number of amides is 1. The molecule has 2 aliphatic rings. The molecule has 1 amide bonds. The van der Waals surface area contributed by atoms with Gasteiger partial charge in [0.15, 0.2) is 11.5 Å². The summed E-state index contributed by atoms with van der Waals surface area (Å²) in [6.45, 7) is 4.72. The first-order valence-corrected chi connectivity index (χ1v) is 9.89. The van der Waals surface area contributed by atoms with Crippen molar-refractivity contribution in [2.45, 2.75) is 13.1 Å². The van der Waals surface area contributed by atoms with Crippen LogP contribution in [0.5, 0.6) is 11.5 Å². The standard InChI is InChI=1S/C22H26FN3O3/c1-24(13-17-6-7-20-21(12-17)29-16-28-20)15-22(27)26-10-8-25(9-11-26)14-18-4-2-3-5-19(18)23/h2-7,12H,8-11,13-16H2,1H3. The van der Waals surface area contributed by atoms with Gasteiger partial charge >= 0.3 is 0 Å². The van der Waals surface area contributed by atoms with Gasteiger partial charge in [-0.25, -0.2) is 4.39 Å². The van der Waals surface area contributed by atoms with Crippen LogP contribution in [0.15, 0.2) is 42.5 Å². The molecular weight excluding hydrogens is 373 g/mol. The molecule has 0 saturated carbocycles. The van der Waals surface area contributed by atoms with Crippen LogP contribution in [-0.2, 0) is 17.9 Å². The zero-order valence-corrected chi connectivity index (χ0v) is 16.6. The molecular formula is C22H26FN3O3. The second-order valence-corrected chi connectivity index (χ2v) is 7.61. The van der Waals surface area contributed by atoms with Crippen molar-refractivity contribution in [1.82, 2.24) is 14.7 Å². The van der Waals surface area contributed by atoms with Crippen LogP contribution in [0.3, 0.4) is 0 Å². The molecule has 29 heavy (non-hydrogen) atoms. The number of fused-ring (bicyclic) bond motifs is 1. The Morgan fingerprint density at radius 2 is 1.83 bits per heavy atom. The lowest BCUT2D eigenvalue weighted by Crippen LogP contribution is -2.50. The minimum atomic E-state index is -0.170. The number of ether oxygens (including phenoxy) is 2. The number of hydrogen-bond acceptors (Lipinski definition) is 5. The number of halogens is 1. The summed E-state index contributed by atoms with van der Waals surface area (Å²) in [5.74, 6) is 1.48. The van der Waals surface area contributed by atoms with E-state index in [1.807, 2.05) is 47.2 Å². The highest BCUT2D eigenvalue weighted by Crippen LogP contribution is 2.32. The van der Waals surface area contributed by atoms with Gasteiger partial charge in [-0.05, 0) is 30.8 Å². The average molecular weight is 399 g/mol. The first kappa shape index (κ1) is 19.7. The van der Waals surface area contributed by atoms with Gasteiger partial charge in [-0.2, -0.15) is 0 Å². The lowest BCUT2D eigenvalue weighted by Gasteiger charge is -2.35. The van der Waals surface area contributed by atoms with E-state index in [1.54, 1.807) is 6.07 Å². The second kappa shape index (κ2) is 8.80. The molecule has 2 aromatic carbocycles. The third-order valence-electron chi connectivity index (χ3n) is 5.37. The monoisotopic (exact) mass is 399 g/mol. The van der Waals surface area contributed by atoms with Crippen molar-refractivity contribution in [1.29, 1.82) is 0 Å². The van der Waals surface area contributed by atoms with Crippen molar-refractivity contribution >= 4 is 5.91 Å². The van der Waals surface area contributed by atoms with Crippen LogP contribution in [0.2, 0.25) is 0 Å². The minimum Gasteiger partial charge on any atom is -0.454 e. The molecule has 0 N–H and O–H groups in total. The number of nitrogens with zero attached hydrogens (tertiary/aromatic N) is 3. The van der Waals surface area contributed by atoms with Gasteiger partial charge in [0.1, 0.15) is 5.82 Å². The number of carbonyl (C=O) groups excluding carboxylic acids is 1. The van der Waals surface area contributed by atoms with E-state index in [0.717, 1.165) is 30.2 Å². The lowest BCUT2D eigenvalue weighted by molar-refractivity contribution is -0.134.